The lowest BCUT2D eigenvalue weighted by Gasteiger charge is -2.15. The number of carbonyl (C=O) groups is 1. The Bertz CT molecular complexity index is 1290. The van der Waals surface area contributed by atoms with E-state index in [0.29, 0.717) is 12.1 Å². The lowest BCUT2D eigenvalue weighted by Crippen LogP contribution is -2.26. The van der Waals surface area contributed by atoms with Crippen LogP contribution in [0.3, 0.4) is 0 Å². The summed E-state index contributed by atoms with van der Waals surface area (Å²) in [7, 11) is 0. The summed E-state index contributed by atoms with van der Waals surface area (Å²) in [4.78, 5) is 12.5. The lowest BCUT2D eigenvalue weighted by atomic mass is 10.00. The van der Waals surface area contributed by atoms with Crippen molar-refractivity contribution < 1.29 is 4.79 Å². The van der Waals surface area contributed by atoms with Crippen LogP contribution in [0, 0.1) is 33.1 Å². The summed E-state index contributed by atoms with van der Waals surface area (Å²) in [6, 6.07) is 15.7. The highest BCUT2D eigenvalue weighted by Gasteiger charge is 2.11. The molecule has 3 aromatic rings. The Morgan fingerprint density at radius 2 is 1.81 bits per heavy atom. The molecule has 0 saturated carbocycles. The number of aromatic nitrogens is 2. The molecule has 5 heteroatoms. The van der Waals surface area contributed by atoms with Gasteiger partial charge in [0.05, 0.1) is 6.20 Å². The summed E-state index contributed by atoms with van der Waals surface area (Å²) < 4.78 is 1.92. The van der Waals surface area contributed by atoms with Gasteiger partial charge in [0.1, 0.15) is 5.82 Å². The molecule has 0 saturated heterocycles. The maximum absolute atomic E-state index is 12.5. The molecule has 3 rings (SSSR count). The number of amides is 1. The van der Waals surface area contributed by atoms with E-state index in [0.717, 1.165) is 53.2 Å². The van der Waals surface area contributed by atoms with Gasteiger partial charge >= 0.3 is 0 Å². The van der Waals surface area contributed by atoms with Crippen LogP contribution < -0.4 is 10.6 Å². The monoisotopic (exact) mass is 480 g/mol. The second-order valence-corrected chi connectivity index (χ2v) is 9.10. The first-order chi connectivity index (χ1) is 17.3. The van der Waals surface area contributed by atoms with Gasteiger partial charge in [-0.3, -0.25) is 4.79 Å². The normalized spacial score (nSPS) is 12.0. The highest BCUT2D eigenvalue weighted by molar-refractivity contribution is 5.94. The van der Waals surface area contributed by atoms with Gasteiger partial charge in [0.2, 0.25) is 0 Å². The van der Waals surface area contributed by atoms with Crippen LogP contribution in [0.4, 0.5) is 0 Å². The number of terminal acetylenes is 1. The molecular weight excluding hydrogens is 444 g/mol. The van der Waals surface area contributed by atoms with Gasteiger partial charge in [-0.15, -0.1) is 6.42 Å². The fourth-order valence-electron chi connectivity index (χ4n) is 3.91. The number of aryl methyl sites for hydroxylation is 2. The van der Waals surface area contributed by atoms with E-state index in [1.807, 2.05) is 60.3 Å². The number of hydrogen-bond donors (Lipinski definition) is 2. The van der Waals surface area contributed by atoms with E-state index in [4.69, 9.17) is 6.42 Å². The Labute approximate surface area is 215 Å². The summed E-state index contributed by atoms with van der Waals surface area (Å²) >= 11 is 0. The molecular formula is C31H36N4O. The van der Waals surface area contributed by atoms with Gasteiger partial charge in [-0.05, 0) is 86.6 Å². The molecule has 0 aliphatic rings. The summed E-state index contributed by atoms with van der Waals surface area (Å²) in [6.45, 7) is 13.8. The molecule has 0 bridgehead atoms. The van der Waals surface area contributed by atoms with Crippen LogP contribution in [-0.2, 0) is 0 Å². The molecule has 0 radical (unpaired) electrons. The lowest BCUT2D eigenvalue weighted by molar-refractivity contribution is 0.0953. The molecule has 0 aliphatic carbocycles. The van der Waals surface area contributed by atoms with Crippen molar-refractivity contribution in [1.29, 1.82) is 0 Å². The van der Waals surface area contributed by atoms with Crippen LogP contribution in [0.25, 0.3) is 11.4 Å². The minimum atomic E-state index is -0.0770. The first kappa shape index (κ1) is 26.6. The zero-order valence-electron chi connectivity index (χ0n) is 21.8. The highest BCUT2D eigenvalue weighted by atomic mass is 16.1. The van der Waals surface area contributed by atoms with Crippen molar-refractivity contribution >= 4 is 17.3 Å². The minimum absolute atomic E-state index is 0.0184. The van der Waals surface area contributed by atoms with Crippen LogP contribution in [0.2, 0.25) is 0 Å². The van der Waals surface area contributed by atoms with Crippen molar-refractivity contribution in [2.24, 2.45) is 0 Å². The molecule has 0 aliphatic heterocycles. The Morgan fingerprint density at radius 1 is 1.08 bits per heavy atom. The van der Waals surface area contributed by atoms with Crippen molar-refractivity contribution in [3.05, 3.63) is 101 Å². The van der Waals surface area contributed by atoms with Crippen molar-refractivity contribution in [3.63, 3.8) is 0 Å². The molecule has 5 nitrogen and oxygen atoms in total. The number of hydrogen-bond acceptors (Lipinski definition) is 3. The second-order valence-electron chi connectivity index (χ2n) is 9.10. The predicted molar refractivity (Wildman–Crippen MR) is 149 cm³/mol. The fourth-order valence-corrected chi connectivity index (χ4v) is 3.91. The van der Waals surface area contributed by atoms with E-state index in [1.54, 1.807) is 0 Å². The van der Waals surface area contributed by atoms with Crippen molar-refractivity contribution in [3.8, 4) is 12.3 Å². The SMILES string of the molecule is C#CC(C)c1cccc(C(=O)NCCCCN/C(=C/C(=C)c2ccccc2C)n2ncc(C)c2C)c1. The van der Waals surface area contributed by atoms with Crippen molar-refractivity contribution in [2.75, 3.05) is 13.1 Å². The van der Waals surface area contributed by atoms with Crippen LogP contribution in [0.15, 0.2) is 67.4 Å². The van der Waals surface area contributed by atoms with Crippen LogP contribution in [-0.4, -0.2) is 28.8 Å². The van der Waals surface area contributed by atoms with Gasteiger partial charge in [0, 0.05) is 30.3 Å². The molecule has 2 N–H and O–H groups in total. The fraction of sp³-hybridized carbons (Fsp3) is 0.290. The van der Waals surface area contributed by atoms with E-state index in [-0.39, 0.29) is 11.8 Å². The number of carbonyl (C=O) groups excluding carboxylic acids is 1. The van der Waals surface area contributed by atoms with Gasteiger partial charge in [-0.2, -0.15) is 5.10 Å². The molecule has 0 fully saturated rings. The van der Waals surface area contributed by atoms with Gasteiger partial charge in [-0.1, -0.05) is 48.9 Å². The van der Waals surface area contributed by atoms with Gasteiger partial charge in [0.15, 0.2) is 0 Å². The zero-order chi connectivity index (χ0) is 26.1. The van der Waals surface area contributed by atoms with Crippen LogP contribution >= 0.6 is 0 Å². The number of nitrogens with zero attached hydrogens (tertiary/aromatic N) is 2. The Morgan fingerprint density at radius 3 is 2.47 bits per heavy atom. The van der Waals surface area contributed by atoms with Crippen LogP contribution in [0.1, 0.15) is 64.0 Å². The maximum atomic E-state index is 12.5. The number of benzene rings is 2. The van der Waals surface area contributed by atoms with E-state index < -0.39 is 0 Å². The minimum Gasteiger partial charge on any atom is -0.370 e. The Hall–Kier alpha value is -4.04. The quantitative estimate of drug-likeness (QED) is 0.205. The van der Waals surface area contributed by atoms with Crippen LogP contribution in [0.5, 0.6) is 0 Å². The molecule has 36 heavy (non-hydrogen) atoms. The van der Waals surface area contributed by atoms with E-state index in [9.17, 15) is 4.79 Å². The number of nitrogens with one attached hydrogen (secondary N) is 2. The molecule has 1 atom stereocenters. The predicted octanol–water partition coefficient (Wildman–Crippen LogP) is 5.86. The molecule has 1 amide bonds. The van der Waals surface area contributed by atoms with Crippen molar-refractivity contribution in [1.82, 2.24) is 20.4 Å². The van der Waals surface area contributed by atoms with Gasteiger partial charge in [0.25, 0.3) is 5.91 Å². The molecule has 0 spiro atoms. The van der Waals surface area contributed by atoms with E-state index >= 15 is 0 Å². The topological polar surface area (TPSA) is 59.0 Å². The third-order valence-corrected chi connectivity index (χ3v) is 6.38. The average Bonchev–Trinajstić information content (AvgIpc) is 3.22. The standard InChI is InChI=1S/C31H36N4O/c1-7-22(2)27-14-12-15-28(20-27)31(36)33-18-11-10-17-32-30(35-26(6)25(5)21-34-35)19-24(4)29-16-9-8-13-23(29)3/h1,8-9,12-16,19-22,32H,4,10-11,17-18H2,2-3,5-6H3,(H,33,36)/b30-19-. The van der Waals surface area contributed by atoms with Gasteiger partial charge in [-0.25, -0.2) is 4.68 Å². The first-order valence-corrected chi connectivity index (χ1v) is 12.4. The van der Waals surface area contributed by atoms with Gasteiger partial charge < -0.3 is 10.6 Å². The first-order valence-electron chi connectivity index (χ1n) is 12.4. The Kier molecular flexibility index (Phi) is 9.30. The number of unbranched alkanes of at least 4 members (excludes halogenated alkanes) is 1. The summed E-state index contributed by atoms with van der Waals surface area (Å²) in [5, 5.41) is 11.1. The third-order valence-electron chi connectivity index (χ3n) is 6.38. The smallest absolute Gasteiger partial charge is 0.251 e. The van der Waals surface area contributed by atoms with E-state index in [2.05, 4.69) is 61.1 Å². The Balaban J connectivity index is 1.57. The summed E-state index contributed by atoms with van der Waals surface area (Å²) in [5.41, 5.74) is 7.05. The average molecular weight is 481 g/mol. The maximum Gasteiger partial charge on any atom is 0.251 e. The molecule has 1 heterocycles. The molecule has 1 aromatic heterocycles. The highest BCUT2D eigenvalue weighted by Crippen LogP contribution is 2.21. The largest absolute Gasteiger partial charge is 0.370 e. The summed E-state index contributed by atoms with van der Waals surface area (Å²) in [5.74, 6) is 3.50. The van der Waals surface area contributed by atoms with Crippen molar-refractivity contribution in [2.45, 2.75) is 46.5 Å². The third kappa shape index (κ3) is 6.76. The number of rotatable bonds is 11. The molecule has 186 valence electrons. The second kappa shape index (κ2) is 12.6. The molecule has 1 unspecified atom stereocenters. The summed E-state index contributed by atoms with van der Waals surface area (Å²) in [6.07, 6.45) is 11.2. The number of allylic oxidation sites excluding steroid dienone is 2. The van der Waals surface area contributed by atoms with E-state index in [1.165, 1.54) is 5.56 Å². The molecule has 2 aromatic carbocycles. The zero-order valence-corrected chi connectivity index (χ0v) is 21.8.